The summed E-state index contributed by atoms with van der Waals surface area (Å²) in [7, 11) is 0. The molecule has 0 radical (unpaired) electrons. The summed E-state index contributed by atoms with van der Waals surface area (Å²) in [6.45, 7) is 1.14. The highest BCUT2D eigenvalue weighted by Gasteiger charge is 2.34. The number of rotatable bonds is 2. The molecular weight excluding hydrogens is 262 g/mol. The van der Waals surface area contributed by atoms with E-state index < -0.39 is 0 Å². The monoisotopic (exact) mass is 283 g/mol. The van der Waals surface area contributed by atoms with E-state index in [1.165, 1.54) is 32.1 Å². The van der Waals surface area contributed by atoms with E-state index in [1.807, 2.05) is 24.3 Å². The Bertz CT molecular complexity index is 702. The van der Waals surface area contributed by atoms with E-state index >= 15 is 0 Å². The van der Waals surface area contributed by atoms with Gasteiger partial charge in [-0.05, 0) is 44.4 Å². The maximum atomic E-state index is 12.3. The van der Waals surface area contributed by atoms with Crippen molar-refractivity contribution in [1.29, 1.82) is 0 Å². The molecule has 2 aromatic rings. The molecule has 4 heteroatoms. The Morgan fingerprint density at radius 1 is 1.10 bits per heavy atom. The van der Waals surface area contributed by atoms with Crippen molar-refractivity contribution in [1.82, 2.24) is 14.9 Å². The molecule has 110 valence electrons. The fourth-order valence-corrected chi connectivity index (χ4v) is 4.02. The number of likely N-dealkylation sites (tertiary alicyclic amines) is 1. The van der Waals surface area contributed by atoms with Gasteiger partial charge in [-0.2, -0.15) is 0 Å². The first-order valence-corrected chi connectivity index (χ1v) is 8.07. The maximum Gasteiger partial charge on any atom is 0.258 e. The van der Waals surface area contributed by atoms with Crippen LogP contribution in [0.15, 0.2) is 29.1 Å². The number of aromatic nitrogens is 2. The van der Waals surface area contributed by atoms with Crippen LogP contribution in [0.5, 0.6) is 0 Å². The van der Waals surface area contributed by atoms with Crippen molar-refractivity contribution in [3.63, 3.8) is 0 Å². The first-order chi connectivity index (χ1) is 10.3. The molecular formula is C17H21N3O. The summed E-state index contributed by atoms with van der Waals surface area (Å²) < 4.78 is 0. The zero-order valence-electron chi connectivity index (χ0n) is 12.2. The molecule has 1 saturated carbocycles. The minimum Gasteiger partial charge on any atom is -0.309 e. The van der Waals surface area contributed by atoms with Crippen molar-refractivity contribution < 1.29 is 0 Å². The first-order valence-electron chi connectivity index (χ1n) is 8.07. The summed E-state index contributed by atoms with van der Waals surface area (Å²) in [5.74, 6) is 0.864. The first kappa shape index (κ1) is 13.0. The zero-order chi connectivity index (χ0) is 14.2. The normalized spacial score (nSPS) is 24.1. The minimum absolute atomic E-state index is 0.00567. The van der Waals surface area contributed by atoms with Gasteiger partial charge in [-0.25, -0.2) is 4.98 Å². The Labute approximate surface area is 124 Å². The Hall–Kier alpha value is -1.68. The SMILES string of the molecule is O=c1[nH]c(C2CCCN2C2CCCC2)nc2ccccc12. The Balaban J connectivity index is 1.73. The number of para-hydroxylation sites is 1. The number of hydrogen-bond acceptors (Lipinski definition) is 3. The van der Waals surface area contributed by atoms with E-state index in [0.29, 0.717) is 17.5 Å². The van der Waals surface area contributed by atoms with E-state index in [2.05, 4.69) is 9.88 Å². The van der Waals surface area contributed by atoms with E-state index in [1.54, 1.807) is 0 Å². The standard InChI is InChI=1S/C17H21N3O/c21-17-13-8-3-4-9-14(13)18-16(19-17)15-10-5-11-20(15)12-6-1-2-7-12/h3-4,8-9,12,15H,1-2,5-7,10-11H2,(H,18,19,21). The minimum atomic E-state index is -0.00567. The van der Waals surface area contributed by atoms with Crippen molar-refractivity contribution in [2.24, 2.45) is 0 Å². The molecule has 1 atom stereocenters. The third-order valence-corrected chi connectivity index (χ3v) is 5.03. The molecule has 2 fully saturated rings. The van der Waals surface area contributed by atoms with Gasteiger partial charge in [0.25, 0.3) is 5.56 Å². The molecule has 2 aliphatic rings. The van der Waals surface area contributed by atoms with Gasteiger partial charge in [-0.1, -0.05) is 25.0 Å². The van der Waals surface area contributed by atoms with Crippen molar-refractivity contribution in [3.05, 3.63) is 40.4 Å². The second-order valence-corrected chi connectivity index (χ2v) is 6.30. The Morgan fingerprint density at radius 3 is 2.76 bits per heavy atom. The Morgan fingerprint density at radius 2 is 1.90 bits per heavy atom. The molecule has 1 N–H and O–H groups in total. The summed E-state index contributed by atoms with van der Waals surface area (Å²) in [6.07, 6.45) is 7.60. The Kier molecular flexibility index (Phi) is 3.26. The van der Waals surface area contributed by atoms with E-state index in [4.69, 9.17) is 4.98 Å². The lowest BCUT2D eigenvalue weighted by molar-refractivity contribution is 0.176. The average Bonchev–Trinajstić information content (AvgIpc) is 3.18. The fourth-order valence-electron chi connectivity index (χ4n) is 4.02. The van der Waals surface area contributed by atoms with Crippen LogP contribution in [-0.2, 0) is 0 Å². The summed E-state index contributed by atoms with van der Waals surface area (Å²) >= 11 is 0. The quantitative estimate of drug-likeness (QED) is 0.921. The molecule has 1 aliphatic carbocycles. The van der Waals surface area contributed by atoms with Gasteiger partial charge >= 0.3 is 0 Å². The van der Waals surface area contributed by atoms with Gasteiger partial charge in [-0.15, -0.1) is 0 Å². The second kappa shape index (κ2) is 5.26. The number of aromatic amines is 1. The predicted molar refractivity (Wildman–Crippen MR) is 83.3 cm³/mol. The lowest BCUT2D eigenvalue weighted by Crippen LogP contribution is -2.34. The number of fused-ring (bicyclic) bond motifs is 1. The van der Waals surface area contributed by atoms with Gasteiger partial charge in [-0.3, -0.25) is 9.69 Å². The van der Waals surface area contributed by atoms with Gasteiger partial charge in [0, 0.05) is 6.04 Å². The number of nitrogens with zero attached hydrogens (tertiary/aromatic N) is 2. The molecule has 4 rings (SSSR count). The summed E-state index contributed by atoms with van der Waals surface area (Å²) in [4.78, 5) is 22.6. The average molecular weight is 283 g/mol. The summed E-state index contributed by atoms with van der Waals surface area (Å²) in [5, 5.41) is 0.687. The number of nitrogens with one attached hydrogen (secondary N) is 1. The zero-order valence-corrected chi connectivity index (χ0v) is 12.2. The van der Waals surface area contributed by atoms with Crippen LogP contribution in [0.2, 0.25) is 0 Å². The van der Waals surface area contributed by atoms with Gasteiger partial charge in [0.05, 0.1) is 16.9 Å². The van der Waals surface area contributed by atoms with Gasteiger partial charge in [0.2, 0.25) is 0 Å². The van der Waals surface area contributed by atoms with Crippen LogP contribution in [0.25, 0.3) is 10.9 Å². The molecule has 0 amide bonds. The number of benzene rings is 1. The molecule has 1 aromatic heterocycles. The smallest absolute Gasteiger partial charge is 0.258 e. The second-order valence-electron chi connectivity index (χ2n) is 6.30. The van der Waals surface area contributed by atoms with Crippen LogP contribution in [0, 0.1) is 0 Å². The van der Waals surface area contributed by atoms with E-state index in [0.717, 1.165) is 24.3 Å². The van der Waals surface area contributed by atoms with Crippen LogP contribution in [-0.4, -0.2) is 27.5 Å². The molecule has 2 heterocycles. The highest BCUT2D eigenvalue weighted by Crippen LogP contribution is 2.36. The van der Waals surface area contributed by atoms with Crippen LogP contribution >= 0.6 is 0 Å². The van der Waals surface area contributed by atoms with Crippen molar-refractivity contribution in [2.45, 2.75) is 50.6 Å². The molecule has 1 saturated heterocycles. The van der Waals surface area contributed by atoms with Crippen LogP contribution in [0.4, 0.5) is 0 Å². The molecule has 1 unspecified atom stereocenters. The molecule has 0 spiro atoms. The molecule has 1 aromatic carbocycles. The van der Waals surface area contributed by atoms with E-state index in [9.17, 15) is 4.79 Å². The maximum absolute atomic E-state index is 12.3. The van der Waals surface area contributed by atoms with Crippen LogP contribution in [0.3, 0.4) is 0 Å². The summed E-state index contributed by atoms with van der Waals surface area (Å²) in [6, 6.07) is 8.60. The predicted octanol–water partition coefficient (Wildman–Crippen LogP) is 3.00. The van der Waals surface area contributed by atoms with Crippen molar-refractivity contribution in [2.75, 3.05) is 6.54 Å². The third-order valence-electron chi connectivity index (χ3n) is 5.03. The summed E-state index contributed by atoms with van der Waals surface area (Å²) in [5.41, 5.74) is 0.809. The van der Waals surface area contributed by atoms with Gasteiger partial charge < -0.3 is 4.98 Å². The highest BCUT2D eigenvalue weighted by atomic mass is 16.1. The van der Waals surface area contributed by atoms with Crippen LogP contribution in [0.1, 0.15) is 50.4 Å². The largest absolute Gasteiger partial charge is 0.309 e. The van der Waals surface area contributed by atoms with E-state index in [-0.39, 0.29) is 5.56 Å². The molecule has 0 bridgehead atoms. The number of hydrogen-bond donors (Lipinski definition) is 1. The highest BCUT2D eigenvalue weighted by molar-refractivity contribution is 5.77. The molecule has 1 aliphatic heterocycles. The fraction of sp³-hybridized carbons (Fsp3) is 0.529. The number of H-pyrrole nitrogens is 1. The molecule has 21 heavy (non-hydrogen) atoms. The van der Waals surface area contributed by atoms with Gasteiger partial charge in [0.15, 0.2) is 0 Å². The lowest BCUT2D eigenvalue weighted by atomic mass is 10.1. The van der Waals surface area contributed by atoms with Crippen molar-refractivity contribution in [3.8, 4) is 0 Å². The van der Waals surface area contributed by atoms with Gasteiger partial charge in [0.1, 0.15) is 5.82 Å². The lowest BCUT2D eigenvalue weighted by Gasteiger charge is -2.29. The van der Waals surface area contributed by atoms with Crippen LogP contribution < -0.4 is 5.56 Å². The molecule has 4 nitrogen and oxygen atoms in total. The topological polar surface area (TPSA) is 49.0 Å². The van der Waals surface area contributed by atoms with Crippen molar-refractivity contribution >= 4 is 10.9 Å². The third kappa shape index (κ3) is 2.27.